The SMILES string of the molecule is CC(C)C1(O)CN(C(=O)C(C)(C)c2ccc(N)cc2)C1. The predicted molar refractivity (Wildman–Crippen MR) is 80.2 cm³/mol. The third-order valence-electron chi connectivity index (χ3n) is 4.46. The van der Waals surface area contributed by atoms with E-state index in [2.05, 4.69) is 0 Å². The first-order chi connectivity index (χ1) is 9.17. The number of benzene rings is 1. The molecule has 110 valence electrons. The molecule has 4 nitrogen and oxygen atoms in total. The van der Waals surface area contributed by atoms with Crippen molar-refractivity contribution in [2.24, 2.45) is 5.92 Å². The molecule has 1 aliphatic heterocycles. The van der Waals surface area contributed by atoms with Gasteiger partial charge in [0.25, 0.3) is 0 Å². The fourth-order valence-corrected chi connectivity index (χ4v) is 2.54. The van der Waals surface area contributed by atoms with Crippen molar-refractivity contribution in [3.63, 3.8) is 0 Å². The lowest BCUT2D eigenvalue weighted by atomic mass is 9.78. The Morgan fingerprint density at radius 3 is 2.25 bits per heavy atom. The highest BCUT2D eigenvalue weighted by atomic mass is 16.3. The molecule has 1 heterocycles. The lowest BCUT2D eigenvalue weighted by Crippen LogP contribution is -2.68. The molecule has 0 radical (unpaired) electrons. The van der Waals surface area contributed by atoms with Gasteiger partial charge in [0.2, 0.25) is 5.91 Å². The Morgan fingerprint density at radius 1 is 1.30 bits per heavy atom. The molecular formula is C16H24N2O2. The van der Waals surface area contributed by atoms with Gasteiger partial charge in [0.1, 0.15) is 5.60 Å². The molecule has 3 N–H and O–H groups in total. The van der Waals surface area contributed by atoms with E-state index in [4.69, 9.17) is 5.73 Å². The molecule has 0 unspecified atom stereocenters. The standard InChI is InChI=1S/C16H24N2O2/c1-11(2)16(20)9-18(10-16)14(19)15(3,4)12-5-7-13(17)8-6-12/h5-8,11,20H,9-10,17H2,1-4H3. The molecule has 0 aromatic heterocycles. The zero-order valence-corrected chi connectivity index (χ0v) is 12.7. The van der Waals surface area contributed by atoms with Gasteiger partial charge < -0.3 is 15.7 Å². The number of nitrogen functional groups attached to an aromatic ring is 1. The number of β-amino-alcohol motifs (C(OH)–C–C–N with tert-alkyl or cyclic N) is 1. The minimum Gasteiger partial charge on any atom is -0.399 e. The predicted octanol–water partition coefficient (Wildman–Crippen LogP) is 1.78. The Hall–Kier alpha value is -1.55. The van der Waals surface area contributed by atoms with E-state index in [1.165, 1.54) is 0 Å². The molecule has 1 aliphatic rings. The van der Waals surface area contributed by atoms with E-state index in [1.807, 2.05) is 52.0 Å². The van der Waals surface area contributed by atoms with Gasteiger partial charge in [-0.3, -0.25) is 4.79 Å². The van der Waals surface area contributed by atoms with Crippen molar-refractivity contribution in [3.05, 3.63) is 29.8 Å². The van der Waals surface area contributed by atoms with Crippen molar-refractivity contribution in [1.82, 2.24) is 4.90 Å². The quantitative estimate of drug-likeness (QED) is 0.827. The Labute approximate surface area is 120 Å². The van der Waals surface area contributed by atoms with E-state index >= 15 is 0 Å². The van der Waals surface area contributed by atoms with Crippen LogP contribution in [-0.4, -0.2) is 34.6 Å². The molecule has 1 aromatic carbocycles. The highest BCUT2D eigenvalue weighted by Gasteiger charge is 2.48. The van der Waals surface area contributed by atoms with Gasteiger partial charge in [-0.1, -0.05) is 26.0 Å². The Morgan fingerprint density at radius 2 is 1.80 bits per heavy atom. The maximum absolute atomic E-state index is 12.6. The molecular weight excluding hydrogens is 252 g/mol. The van der Waals surface area contributed by atoms with Crippen LogP contribution in [0.2, 0.25) is 0 Å². The highest BCUT2D eigenvalue weighted by molar-refractivity contribution is 5.88. The van der Waals surface area contributed by atoms with Crippen LogP contribution in [0.3, 0.4) is 0 Å². The smallest absolute Gasteiger partial charge is 0.232 e. The molecule has 1 amide bonds. The van der Waals surface area contributed by atoms with Crippen LogP contribution in [0.4, 0.5) is 5.69 Å². The van der Waals surface area contributed by atoms with Crippen LogP contribution in [-0.2, 0) is 10.2 Å². The van der Waals surface area contributed by atoms with Gasteiger partial charge in [-0.05, 0) is 37.5 Å². The highest BCUT2D eigenvalue weighted by Crippen LogP contribution is 2.34. The average molecular weight is 276 g/mol. The summed E-state index contributed by atoms with van der Waals surface area (Å²) in [6.07, 6.45) is 0. The second-order valence-corrected chi connectivity index (χ2v) is 6.67. The number of aliphatic hydroxyl groups is 1. The van der Waals surface area contributed by atoms with Gasteiger partial charge in [0, 0.05) is 5.69 Å². The van der Waals surface area contributed by atoms with Crippen molar-refractivity contribution in [2.45, 2.75) is 38.7 Å². The zero-order valence-electron chi connectivity index (χ0n) is 12.7. The van der Waals surface area contributed by atoms with Gasteiger partial charge in [0.05, 0.1) is 18.5 Å². The normalized spacial score (nSPS) is 18.0. The van der Waals surface area contributed by atoms with Crippen LogP contribution in [0.15, 0.2) is 24.3 Å². The molecule has 0 spiro atoms. The van der Waals surface area contributed by atoms with Crippen molar-refractivity contribution in [2.75, 3.05) is 18.8 Å². The number of anilines is 1. The van der Waals surface area contributed by atoms with Crippen LogP contribution in [0, 0.1) is 5.92 Å². The molecule has 2 rings (SSSR count). The molecule has 1 fully saturated rings. The fraction of sp³-hybridized carbons (Fsp3) is 0.562. The number of carbonyl (C=O) groups is 1. The topological polar surface area (TPSA) is 66.6 Å². The second-order valence-electron chi connectivity index (χ2n) is 6.67. The Bertz CT molecular complexity index is 500. The van der Waals surface area contributed by atoms with Gasteiger partial charge in [-0.2, -0.15) is 0 Å². The monoisotopic (exact) mass is 276 g/mol. The first kappa shape index (κ1) is 14.9. The lowest BCUT2D eigenvalue weighted by Gasteiger charge is -2.51. The summed E-state index contributed by atoms with van der Waals surface area (Å²) in [5.41, 5.74) is 5.98. The van der Waals surface area contributed by atoms with Gasteiger partial charge in [-0.15, -0.1) is 0 Å². The van der Waals surface area contributed by atoms with Gasteiger partial charge >= 0.3 is 0 Å². The summed E-state index contributed by atoms with van der Waals surface area (Å²) in [7, 11) is 0. The number of hydrogen-bond donors (Lipinski definition) is 2. The van der Waals surface area contributed by atoms with E-state index in [0.717, 1.165) is 5.56 Å². The Kier molecular flexibility index (Phi) is 3.54. The molecule has 0 aliphatic carbocycles. The van der Waals surface area contributed by atoms with Crippen LogP contribution in [0.25, 0.3) is 0 Å². The molecule has 1 saturated heterocycles. The summed E-state index contributed by atoms with van der Waals surface area (Å²) in [6, 6.07) is 7.40. The first-order valence-corrected chi connectivity index (χ1v) is 7.04. The van der Waals surface area contributed by atoms with Crippen LogP contribution in [0.1, 0.15) is 33.3 Å². The largest absolute Gasteiger partial charge is 0.399 e. The van der Waals surface area contributed by atoms with Crippen molar-refractivity contribution < 1.29 is 9.90 Å². The summed E-state index contributed by atoms with van der Waals surface area (Å²) in [6.45, 7) is 8.62. The minimum absolute atomic E-state index is 0.0487. The molecule has 1 aromatic rings. The van der Waals surface area contributed by atoms with Crippen molar-refractivity contribution in [1.29, 1.82) is 0 Å². The van der Waals surface area contributed by atoms with E-state index in [1.54, 1.807) is 4.90 Å². The van der Waals surface area contributed by atoms with Crippen molar-refractivity contribution in [3.8, 4) is 0 Å². The number of carbonyl (C=O) groups excluding carboxylic acids is 1. The number of hydrogen-bond acceptors (Lipinski definition) is 3. The van der Waals surface area contributed by atoms with E-state index in [9.17, 15) is 9.90 Å². The van der Waals surface area contributed by atoms with E-state index in [-0.39, 0.29) is 11.8 Å². The lowest BCUT2D eigenvalue weighted by molar-refractivity contribution is -0.168. The summed E-state index contributed by atoms with van der Waals surface area (Å²) in [4.78, 5) is 14.4. The third-order valence-corrected chi connectivity index (χ3v) is 4.46. The Balaban J connectivity index is 2.11. The summed E-state index contributed by atoms with van der Waals surface area (Å²) >= 11 is 0. The van der Waals surface area contributed by atoms with Gasteiger partial charge in [0.15, 0.2) is 0 Å². The number of nitrogens with two attached hydrogens (primary N) is 1. The maximum atomic E-state index is 12.6. The number of amides is 1. The zero-order chi connectivity index (χ0) is 15.1. The number of likely N-dealkylation sites (tertiary alicyclic amines) is 1. The summed E-state index contributed by atoms with van der Waals surface area (Å²) < 4.78 is 0. The molecule has 4 heteroatoms. The molecule has 0 bridgehead atoms. The maximum Gasteiger partial charge on any atom is 0.232 e. The number of rotatable bonds is 3. The first-order valence-electron chi connectivity index (χ1n) is 7.04. The summed E-state index contributed by atoms with van der Waals surface area (Å²) in [5.74, 6) is 0.207. The van der Waals surface area contributed by atoms with Gasteiger partial charge in [-0.25, -0.2) is 0 Å². The van der Waals surface area contributed by atoms with Crippen LogP contribution in [0.5, 0.6) is 0 Å². The molecule has 0 atom stereocenters. The van der Waals surface area contributed by atoms with E-state index < -0.39 is 11.0 Å². The van der Waals surface area contributed by atoms with Crippen LogP contribution < -0.4 is 5.73 Å². The third kappa shape index (κ3) is 2.40. The summed E-state index contributed by atoms with van der Waals surface area (Å²) in [5, 5.41) is 10.3. The average Bonchev–Trinajstić information content (AvgIpc) is 2.34. The fourth-order valence-electron chi connectivity index (χ4n) is 2.54. The number of nitrogens with zero attached hydrogens (tertiary/aromatic N) is 1. The second kappa shape index (κ2) is 4.77. The van der Waals surface area contributed by atoms with E-state index in [0.29, 0.717) is 18.8 Å². The van der Waals surface area contributed by atoms with Crippen LogP contribution >= 0.6 is 0 Å². The van der Waals surface area contributed by atoms with Crippen molar-refractivity contribution >= 4 is 11.6 Å². The molecule has 20 heavy (non-hydrogen) atoms. The minimum atomic E-state index is -0.729. The molecule has 0 saturated carbocycles.